The largest absolute Gasteiger partial charge is 0.507 e. The molecule has 1 heterocycles. The topological polar surface area (TPSA) is 78.1 Å². The minimum atomic E-state index is -0.817. The molecule has 0 radical (unpaired) electrons. The van der Waals surface area contributed by atoms with E-state index in [1.807, 2.05) is 0 Å². The van der Waals surface area contributed by atoms with E-state index in [9.17, 15) is 18.7 Å². The number of halogens is 2. The summed E-state index contributed by atoms with van der Waals surface area (Å²) in [5, 5.41) is 15.4. The molecule has 8 heteroatoms. The lowest BCUT2D eigenvalue weighted by atomic mass is 9.95. The van der Waals surface area contributed by atoms with Gasteiger partial charge in [-0.25, -0.2) is 13.6 Å². The van der Waals surface area contributed by atoms with Crippen LogP contribution in [-0.2, 0) is 0 Å². The SMILES string of the molecule is [C-]#[N+]c1ccc(O)c(C(=O)NC2=NCCN2)c1-c1cc(F)ccc1F. The molecule has 0 fully saturated rings. The van der Waals surface area contributed by atoms with Gasteiger partial charge in [0.1, 0.15) is 17.4 Å². The summed E-state index contributed by atoms with van der Waals surface area (Å²) < 4.78 is 27.8. The summed E-state index contributed by atoms with van der Waals surface area (Å²) in [6.07, 6.45) is 0. The molecule has 0 aliphatic carbocycles. The number of hydrogen-bond donors (Lipinski definition) is 3. The van der Waals surface area contributed by atoms with Crippen LogP contribution in [0.15, 0.2) is 35.3 Å². The van der Waals surface area contributed by atoms with E-state index in [4.69, 9.17) is 6.57 Å². The zero-order valence-electron chi connectivity index (χ0n) is 12.8. The molecule has 2 aromatic rings. The number of amides is 1. The highest BCUT2D eigenvalue weighted by Crippen LogP contribution is 2.39. The van der Waals surface area contributed by atoms with Gasteiger partial charge in [-0.1, -0.05) is 6.07 Å². The summed E-state index contributed by atoms with van der Waals surface area (Å²) in [7, 11) is 0. The van der Waals surface area contributed by atoms with E-state index in [0.29, 0.717) is 13.1 Å². The van der Waals surface area contributed by atoms with E-state index in [0.717, 1.165) is 24.3 Å². The van der Waals surface area contributed by atoms with Gasteiger partial charge in [0.25, 0.3) is 5.91 Å². The standard InChI is InChI=1S/C17H12F2N4O2/c1-20-12-4-5-13(24)15(16(25)23-17-21-6-7-22-17)14(12)10-8-9(18)2-3-11(10)19/h2-5,8,24H,6-7H2,(H2,21,22,23,25). The van der Waals surface area contributed by atoms with Crippen LogP contribution in [-0.4, -0.2) is 30.1 Å². The van der Waals surface area contributed by atoms with Gasteiger partial charge in [-0.15, -0.1) is 0 Å². The van der Waals surface area contributed by atoms with Crippen LogP contribution in [0.5, 0.6) is 5.75 Å². The highest BCUT2D eigenvalue weighted by Gasteiger charge is 2.24. The van der Waals surface area contributed by atoms with Crippen LogP contribution < -0.4 is 10.6 Å². The number of guanidine groups is 1. The number of phenolic OH excluding ortho intramolecular Hbond substituents is 1. The number of nitrogens with zero attached hydrogens (tertiary/aromatic N) is 2. The van der Waals surface area contributed by atoms with Gasteiger partial charge in [-0.3, -0.25) is 15.1 Å². The first-order chi connectivity index (χ1) is 12.0. The van der Waals surface area contributed by atoms with Crippen molar-refractivity contribution < 1.29 is 18.7 Å². The number of hydrogen-bond acceptors (Lipinski definition) is 4. The van der Waals surface area contributed by atoms with Crippen molar-refractivity contribution >= 4 is 17.6 Å². The fraction of sp³-hybridized carbons (Fsp3) is 0.118. The molecule has 0 spiro atoms. The molecule has 0 bridgehead atoms. The summed E-state index contributed by atoms with van der Waals surface area (Å²) in [5.41, 5.74) is -0.875. The van der Waals surface area contributed by atoms with Gasteiger partial charge >= 0.3 is 0 Å². The second-order valence-electron chi connectivity index (χ2n) is 5.20. The van der Waals surface area contributed by atoms with Crippen LogP contribution in [0, 0.1) is 18.2 Å². The highest BCUT2D eigenvalue weighted by molar-refractivity contribution is 6.12. The van der Waals surface area contributed by atoms with Crippen LogP contribution >= 0.6 is 0 Å². The molecule has 3 rings (SSSR count). The predicted octanol–water partition coefficient (Wildman–Crippen LogP) is 2.58. The van der Waals surface area contributed by atoms with E-state index in [2.05, 4.69) is 20.5 Å². The Kier molecular flexibility index (Phi) is 4.31. The Hall–Kier alpha value is -3.47. The molecule has 3 N–H and O–H groups in total. The Balaban J connectivity index is 2.19. The Morgan fingerprint density at radius 2 is 2.12 bits per heavy atom. The summed E-state index contributed by atoms with van der Waals surface area (Å²) in [6.45, 7) is 8.28. The average Bonchev–Trinajstić information content (AvgIpc) is 3.09. The average molecular weight is 342 g/mol. The van der Waals surface area contributed by atoms with Gasteiger partial charge in [-0.2, -0.15) is 0 Å². The normalized spacial score (nSPS) is 12.9. The maximum absolute atomic E-state index is 14.2. The number of benzene rings is 2. The lowest BCUT2D eigenvalue weighted by Gasteiger charge is -2.14. The first-order valence-corrected chi connectivity index (χ1v) is 7.30. The van der Waals surface area contributed by atoms with E-state index in [-0.39, 0.29) is 28.3 Å². The minimum Gasteiger partial charge on any atom is -0.507 e. The quantitative estimate of drug-likeness (QED) is 0.734. The third kappa shape index (κ3) is 3.12. The molecule has 0 atom stereocenters. The van der Waals surface area contributed by atoms with E-state index < -0.39 is 23.3 Å². The van der Waals surface area contributed by atoms with Crippen molar-refractivity contribution in [1.29, 1.82) is 0 Å². The number of nitrogens with one attached hydrogen (secondary N) is 2. The maximum atomic E-state index is 14.2. The second-order valence-corrected chi connectivity index (χ2v) is 5.20. The minimum absolute atomic E-state index is 0.0891. The summed E-state index contributed by atoms with van der Waals surface area (Å²) in [4.78, 5) is 19.8. The van der Waals surface area contributed by atoms with Crippen LogP contribution in [0.3, 0.4) is 0 Å². The predicted molar refractivity (Wildman–Crippen MR) is 87.5 cm³/mol. The number of phenols is 1. The van der Waals surface area contributed by atoms with Crippen molar-refractivity contribution in [3.8, 4) is 16.9 Å². The molecular formula is C17H12F2N4O2. The first-order valence-electron chi connectivity index (χ1n) is 7.30. The van der Waals surface area contributed by atoms with Crippen LogP contribution in [0.25, 0.3) is 16.0 Å². The van der Waals surface area contributed by atoms with Crippen molar-refractivity contribution in [3.05, 3.63) is 58.9 Å². The van der Waals surface area contributed by atoms with Gasteiger partial charge in [0.2, 0.25) is 0 Å². The van der Waals surface area contributed by atoms with Crippen LogP contribution in [0.2, 0.25) is 0 Å². The number of aliphatic imine (C=N–C) groups is 1. The fourth-order valence-corrected chi connectivity index (χ4v) is 2.52. The van der Waals surface area contributed by atoms with Crippen molar-refractivity contribution in [2.45, 2.75) is 0 Å². The number of carbonyl (C=O) groups excluding carboxylic acids is 1. The third-order valence-corrected chi connectivity index (χ3v) is 3.61. The number of rotatable bonds is 2. The van der Waals surface area contributed by atoms with Crippen molar-refractivity contribution in [1.82, 2.24) is 10.6 Å². The maximum Gasteiger partial charge on any atom is 0.261 e. The molecule has 1 amide bonds. The summed E-state index contributed by atoms with van der Waals surface area (Å²) in [6, 6.07) is 5.10. The lowest BCUT2D eigenvalue weighted by molar-refractivity contribution is 0.0974. The Morgan fingerprint density at radius 1 is 1.32 bits per heavy atom. The Bertz CT molecular complexity index is 935. The highest BCUT2D eigenvalue weighted by atomic mass is 19.1. The number of aromatic hydroxyl groups is 1. The monoisotopic (exact) mass is 342 g/mol. The molecule has 0 saturated heterocycles. The van der Waals surface area contributed by atoms with E-state index in [1.165, 1.54) is 6.07 Å². The van der Waals surface area contributed by atoms with Crippen molar-refractivity contribution in [2.75, 3.05) is 13.1 Å². The zero-order chi connectivity index (χ0) is 18.0. The summed E-state index contributed by atoms with van der Waals surface area (Å²) in [5.74, 6) is -2.58. The molecule has 126 valence electrons. The Labute approximate surface area is 141 Å². The van der Waals surface area contributed by atoms with Crippen molar-refractivity contribution in [2.24, 2.45) is 4.99 Å². The summed E-state index contributed by atoms with van der Waals surface area (Å²) >= 11 is 0. The van der Waals surface area contributed by atoms with Gasteiger partial charge in [-0.05, 0) is 24.3 Å². The molecular weight excluding hydrogens is 330 g/mol. The van der Waals surface area contributed by atoms with E-state index >= 15 is 0 Å². The molecule has 0 aromatic heterocycles. The van der Waals surface area contributed by atoms with Gasteiger partial charge in [0.15, 0.2) is 11.6 Å². The number of carbonyl (C=O) groups is 1. The van der Waals surface area contributed by atoms with Gasteiger partial charge < -0.3 is 10.4 Å². The fourth-order valence-electron chi connectivity index (χ4n) is 2.52. The molecule has 6 nitrogen and oxygen atoms in total. The molecule has 1 aliphatic heterocycles. The van der Waals surface area contributed by atoms with E-state index in [1.54, 1.807) is 0 Å². The molecule has 0 saturated carbocycles. The molecule has 0 unspecified atom stereocenters. The molecule has 1 aliphatic rings. The van der Waals surface area contributed by atoms with Crippen LogP contribution in [0.4, 0.5) is 14.5 Å². The first kappa shape index (κ1) is 16.4. The van der Waals surface area contributed by atoms with Gasteiger partial charge in [0.05, 0.1) is 18.7 Å². The molecule has 25 heavy (non-hydrogen) atoms. The van der Waals surface area contributed by atoms with Gasteiger partial charge in [0, 0.05) is 17.7 Å². The lowest BCUT2D eigenvalue weighted by Crippen LogP contribution is -2.38. The van der Waals surface area contributed by atoms with Crippen LogP contribution in [0.1, 0.15) is 10.4 Å². The van der Waals surface area contributed by atoms with Crippen molar-refractivity contribution in [3.63, 3.8) is 0 Å². The second kappa shape index (κ2) is 6.57. The third-order valence-electron chi connectivity index (χ3n) is 3.61. The Morgan fingerprint density at radius 3 is 2.80 bits per heavy atom. The smallest absolute Gasteiger partial charge is 0.261 e. The molecule has 2 aromatic carbocycles. The zero-order valence-corrected chi connectivity index (χ0v) is 12.8.